The average Bonchev–Trinajstić information content (AvgIpc) is 3.30. The minimum absolute atomic E-state index is 0.118. The summed E-state index contributed by atoms with van der Waals surface area (Å²) in [7, 11) is 0. The van der Waals surface area contributed by atoms with E-state index in [1.807, 2.05) is 12.1 Å². The first kappa shape index (κ1) is 21.6. The van der Waals surface area contributed by atoms with Gasteiger partial charge in [-0.25, -0.2) is 0 Å². The number of hydrogen-bond acceptors (Lipinski definition) is 8. The molecule has 3 aliphatic rings. The van der Waals surface area contributed by atoms with Gasteiger partial charge in [0.25, 0.3) is 5.91 Å². The Hall–Kier alpha value is -2.65. The van der Waals surface area contributed by atoms with Crippen LogP contribution in [-0.4, -0.2) is 54.2 Å². The highest BCUT2D eigenvalue weighted by Crippen LogP contribution is 2.45. The van der Waals surface area contributed by atoms with Crippen molar-refractivity contribution < 1.29 is 28.6 Å². The molecule has 1 saturated heterocycles. The molecular weight excluding hydrogens is 420 g/mol. The second kappa shape index (κ2) is 8.84. The topological polar surface area (TPSA) is 94.5 Å². The summed E-state index contributed by atoms with van der Waals surface area (Å²) in [4.78, 5) is 41.6. The molecular formula is C22H24N2O6S. The summed E-state index contributed by atoms with van der Waals surface area (Å²) in [6.45, 7) is 4.39. The summed E-state index contributed by atoms with van der Waals surface area (Å²) < 4.78 is 16.3. The van der Waals surface area contributed by atoms with Crippen molar-refractivity contribution in [1.29, 1.82) is 0 Å². The average molecular weight is 445 g/mol. The molecule has 0 atom stereocenters. The third-order valence-corrected chi connectivity index (χ3v) is 6.86. The Morgan fingerprint density at radius 2 is 1.77 bits per heavy atom. The number of piperidine rings is 1. The molecule has 0 aromatic heterocycles. The number of ether oxygens (including phenoxy) is 3. The van der Waals surface area contributed by atoms with Gasteiger partial charge in [0.05, 0.1) is 17.1 Å². The predicted octanol–water partition coefficient (Wildman–Crippen LogP) is 2.52. The fraction of sp³-hybridized carbons (Fsp3) is 0.455. The number of carbonyl (C=O) groups is 3. The van der Waals surface area contributed by atoms with Gasteiger partial charge in [0.2, 0.25) is 0 Å². The van der Waals surface area contributed by atoms with E-state index in [4.69, 9.17) is 14.2 Å². The molecule has 8 nitrogen and oxygen atoms in total. The van der Waals surface area contributed by atoms with Gasteiger partial charge < -0.3 is 19.1 Å². The fourth-order valence-corrected chi connectivity index (χ4v) is 5.08. The maximum Gasteiger partial charge on any atom is 0.302 e. The van der Waals surface area contributed by atoms with Crippen LogP contribution in [-0.2, 0) is 40.8 Å². The number of benzene rings is 1. The second-order valence-electron chi connectivity index (χ2n) is 7.72. The van der Waals surface area contributed by atoms with Crippen LogP contribution in [0.4, 0.5) is 0 Å². The number of hydrogen-bond donors (Lipinski definition) is 0. The monoisotopic (exact) mass is 444 g/mol. The van der Waals surface area contributed by atoms with Crippen LogP contribution in [0, 0.1) is 0 Å². The van der Waals surface area contributed by atoms with Gasteiger partial charge in [-0.1, -0.05) is 24.3 Å². The molecule has 3 heterocycles. The van der Waals surface area contributed by atoms with Crippen LogP contribution in [0.25, 0.3) is 0 Å². The lowest BCUT2D eigenvalue weighted by atomic mass is 9.84. The summed E-state index contributed by atoms with van der Waals surface area (Å²) in [5, 5.41) is 0.615. The van der Waals surface area contributed by atoms with Gasteiger partial charge in [-0.3, -0.25) is 14.4 Å². The summed E-state index contributed by atoms with van der Waals surface area (Å²) in [6.07, 6.45) is 1.62. The molecule has 1 aromatic rings. The van der Waals surface area contributed by atoms with Gasteiger partial charge in [-0.15, -0.1) is 0 Å². The van der Waals surface area contributed by atoms with E-state index >= 15 is 0 Å². The normalized spacial score (nSPS) is 19.3. The van der Waals surface area contributed by atoms with E-state index in [0.29, 0.717) is 35.3 Å². The highest BCUT2D eigenvalue weighted by atomic mass is 32.2. The predicted molar refractivity (Wildman–Crippen MR) is 114 cm³/mol. The first-order valence-electron chi connectivity index (χ1n) is 10.1. The van der Waals surface area contributed by atoms with Gasteiger partial charge in [0.1, 0.15) is 13.2 Å². The maximum atomic E-state index is 12.6. The molecule has 0 radical (unpaired) electrons. The lowest BCUT2D eigenvalue weighted by molar-refractivity contribution is -0.141. The molecule has 0 aliphatic carbocycles. The van der Waals surface area contributed by atoms with Crippen LogP contribution in [0.3, 0.4) is 0 Å². The number of amides is 1. The molecule has 0 unspecified atom stereocenters. The molecule has 31 heavy (non-hydrogen) atoms. The van der Waals surface area contributed by atoms with Crippen molar-refractivity contribution in [3.05, 3.63) is 45.9 Å². The van der Waals surface area contributed by atoms with Gasteiger partial charge in [-0.2, -0.15) is 4.99 Å². The van der Waals surface area contributed by atoms with Gasteiger partial charge >= 0.3 is 11.9 Å². The van der Waals surface area contributed by atoms with Crippen molar-refractivity contribution in [3.63, 3.8) is 0 Å². The first-order chi connectivity index (χ1) is 14.9. The van der Waals surface area contributed by atoms with Crippen molar-refractivity contribution in [2.24, 2.45) is 4.99 Å². The highest BCUT2D eigenvalue weighted by Gasteiger charge is 2.43. The summed E-state index contributed by atoms with van der Waals surface area (Å²) in [6, 6.07) is 8.32. The quantitative estimate of drug-likeness (QED) is 0.517. The van der Waals surface area contributed by atoms with Gasteiger partial charge in [-0.05, 0) is 35.7 Å². The zero-order chi connectivity index (χ0) is 22.0. The fourth-order valence-electron chi connectivity index (χ4n) is 4.06. The molecule has 0 saturated carbocycles. The van der Waals surface area contributed by atoms with Gasteiger partial charge in [0.15, 0.2) is 5.17 Å². The van der Waals surface area contributed by atoms with E-state index in [-0.39, 0.29) is 18.8 Å². The van der Waals surface area contributed by atoms with Crippen molar-refractivity contribution >= 4 is 34.8 Å². The Balaban J connectivity index is 1.45. The number of fused-ring (bicyclic) bond motifs is 2. The molecule has 0 bridgehead atoms. The van der Waals surface area contributed by atoms with E-state index in [1.165, 1.54) is 36.7 Å². The Bertz CT molecular complexity index is 958. The second-order valence-corrected chi connectivity index (χ2v) is 8.70. The number of thioether (sulfide) groups is 1. The number of amidine groups is 1. The number of carbonyl (C=O) groups excluding carboxylic acids is 3. The largest absolute Gasteiger partial charge is 0.461 e. The van der Waals surface area contributed by atoms with Crippen molar-refractivity contribution in [2.45, 2.75) is 38.9 Å². The minimum atomic E-state index is -0.476. The van der Waals surface area contributed by atoms with E-state index < -0.39 is 17.8 Å². The minimum Gasteiger partial charge on any atom is -0.461 e. The highest BCUT2D eigenvalue weighted by molar-refractivity contribution is 8.18. The molecule has 1 amide bonds. The first-order valence-corrected chi connectivity index (χ1v) is 11.0. The molecule has 164 valence electrons. The lowest BCUT2D eigenvalue weighted by Gasteiger charge is -2.39. The Kier molecular flexibility index (Phi) is 6.15. The van der Waals surface area contributed by atoms with Crippen LogP contribution in [0.1, 0.15) is 37.8 Å². The van der Waals surface area contributed by atoms with Gasteiger partial charge in [0, 0.05) is 32.5 Å². The molecule has 0 N–H and O–H groups in total. The number of nitrogens with zero attached hydrogens (tertiary/aromatic N) is 2. The summed E-state index contributed by atoms with van der Waals surface area (Å²) >= 11 is 1.24. The molecule has 1 spiro atoms. The van der Waals surface area contributed by atoms with Crippen LogP contribution in [0.2, 0.25) is 0 Å². The van der Waals surface area contributed by atoms with E-state index in [2.05, 4.69) is 22.0 Å². The number of esters is 2. The number of aliphatic imine (C=N–C) groups is 1. The standard InChI is InChI=1S/C22H24N2O6S/c1-14(25)28-11-17(12-29-15(2)26)19-20(27)23-21(31-19)24-9-7-22(8-10-24)18-6-4-3-5-16(18)13-30-22/h3-6H,7-13H2,1-2H3. The summed E-state index contributed by atoms with van der Waals surface area (Å²) in [5.74, 6) is -1.36. The van der Waals surface area contributed by atoms with Crippen LogP contribution in [0.5, 0.6) is 0 Å². The molecule has 9 heteroatoms. The van der Waals surface area contributed by atoms with Crippen molar-refractivity contribution in [2.75, 3.05) is 26.3 Å². The van der Waals surface area contributed by atoms with E-state index in [0.717, 1.165) is 12.8 Å². The zero-order valence-corrected chi connectivity index (χ0v) is 18.3. The SMILES string of the molecule is CC(=O)OCC(COC(C)=O)=C1SC(N2CCC3(CC2)OCc2ccccc23)=NC1=O. The van der Waals surface area contributed by atoms with E-state index in [9.17, 15) is 14.4 Å². The number of likely N-dealkylation sites (tertiary alicyclic amines) is 1. The molecule has 1 aromatic carbocycles. The molecule has 4 rings (SSSR count). The van der Waals surface area contributed by atoms with Crippen LogP contribution < -0.4 is 0 Å². The molecule has 1 fully saturated rings. The Morgan fingerprint density at radius 1 is 1.13 bits per heavy atom. The third-order valence-electron chi connectivity index (χ3n) is 5.66. The van der Waals surface area contributed by atoms with Crippen molar-refractivity contribution in [3.8, 4) is 0 Å². The zero-order valence-electron chi connectivity index (χ0n) is 17.5. The van der Waals surface area contributed by atoms with Crippen LogP contribution in [0.15, 0.2) is 39.7 Å². The smallest absolute Gasteiger partial charge is 0.302 e. The number of rotatable bonds is 4. The summed E-state index contributed by atoms with van der Waals surface area (Å²) in [5.41, 5.74) is 2.66. The maximum absolute atomic E-state index is 12.6. The third kappa shape index (κ3) is 4.52. The molecule has 3 aliphatic heterocycles. The van der Waals surface area contributed by atoms with E-state index in [1.54, 1.807) is 0 Å². The Labute approximate surface area is 184 Å². The van der Waals surface area contributed by atoms with Crippen LogP contribution >= 0.6 is 11.8 Å². The Morgan fingerprint density at radius 3 is 2.42 bits per heavy atom. The lowest BCUT2D eigenvalue weighted by Crippen LogP contribution is -2.44. The van der Waals surface area contributed by atoms with Crippen molar-refractivity contribution in [1.82, 2.24) is 4.90 Å².